The van der Waals surface area contributed by atoms with E-state index in [9.17, 15) is 4.79 Å². The van der Waals surface area contributed by atoms with Crippen LogP contribution < -0.4 is 5.32 Å². The van der Waals surface area contributed by atoms with Crippen LogP contribution in [0.5, 0.6) is 0 Å². The van der Waals surface area contributed by atoms with Gasteiger partial charge in [-0.05, 0) is 60.1 Å². The van der Waals surface area contributed by atoms with Gasteiger partial charge in [-0.15, -0.1) is 0 Å². The zero-order valence-corrected chi connectivity index (χ0v) is 12.6. The van der Waals surface area contributed by atoms with E-state index < -0.39 is 0 Å². The normalized spacial score (nSPS) is 24.9. The Bertz CT molecular complexity index is 445. The predicted molar refractivity (Wildman–Crippen MR) is 78.1 cm³/mol. The molecule has 0 bridgehead atoms. The predicted octanol–water partition coefficient (Wildman–Crippen LogP) is 2.38. The topological polar surface area (TPSA) is 48.1 Å². The van der Waals surface area contributed by atoms with Gasteiger partial charge in [0.05, 0.1) is 0 Å². The number of hydrogen-bond acceptors (Lipinski definition) is 2. The van der Waals surface area contributed by atoms with Crippen LogP contribution in [0, 0.1) is 5.92 Å². The largest absolute Gasteiger partial charge is 0.356 e. The molecule has 0 aliphatic carbocycles. The van der Waals surface area contributed by atoms with Crippen LogP contribution in [0.2, 0.25) is 0 Å². The van der Waals surface area contributed by atoms with Crippen LogP contribution in [0.3, 0.4) is 0 Å². The Morgan fingerprint density at radius 2 is 2.11 bits per heavy atom. The summed E-state index contributed by atoms with van der Waals surface area (Å²) < 4.78 is 0.931. The summed E-state index contributed by atoms with van der Waals surface area (Å²) in [6.45, 7) is 2.94. The highest BCUT2D eigenvalue weighted by molar-refractivity contribution is 9.10. The molecule has 1 atom stereocenters. The number of halogens is 1. The molecule has 1 amide bonds. The first-order valence-electron chi connectivity index (χ1n) is 7.10. The minimum absolute atomic E-state index is 0.128. The fourth-order valence-electron chi connectivity index (χ4n) is 3.28. The van der Waals surface area contributed by atoms with Crippen molar-refractivity contribution in [2.75, 3.05) is 19.6 Å². The van der Waals surface area contributed by atoms with Crippen molar-refractivity contribution >= 4 is 21.8 Å². The summed E-state index contributed by atoms with van der Waals surface area (Å²) in [6.07, 6.45) is 6.68. The molecule has 2 fully saturated rings. The number of piperidine rings is 1. The van der Waals surface area contributed by atoms with E-state index in [1.54, 1.807) is 0 Å². The Morgan fingerprint density at radius 1 is 1.32 bits per heavy atom. The second-order valence-corrected chi connectivity index (χ2v) is 6.48. The standard InChI is InChI=1S/C14H20BrN3O/c15-11-8-13(17-9-11)14(19)18-6-3-10(4-7-18)12-2-1-5-16-12/h8-10,12,16-17H,1-7H2. The minimum atomic E-state index is 0.128. The molecule has 3 rings (SSSR count). The first kappa shape index (κ1) is 13.2. The highest BCUT2D eigenvalue weighted by Crippen LogP contribution is 2.26. The van der Waals surface area contributed by atoms with Gasteiger partial charge in [-0.3, -0.25) is 4.79 Å². The third-order valence-corrected chi connectivity index (χ3v) is 4.83. The number of aromatic nitrogens is 1. The number of hydrogen-bond donors (Lipinski definition) is 2. The van der Waals surface area contributed by atoms with Crippen LogP contribution in [-0.4, -0.2) is 41.5 Å². The number of carbonyl (C=O) groups excluding carboxylic acids is 1. The van der Waals surface area contributed by atoms with Crippen molar-refractivity contribution in [3.05, 3.63) is 22.4 Å². The van der Waals surface area contributed by atoms with Crippen LogP contribution in [0.1, 0.15) is 36.2 Å². The maximum atomic E-state index is 12.3. The molecular formula is C14H20BrN3O. The fraction of sp³-hybridized carbons (Fsp3) is 0.643. The highest BCUT2D eigenvalue weighted by atomic mass is 79.9. The van der Waals surface area contributed by atoms with Gasteiger partial charge in [0.15, 0.2) is 0 Å². The van der Waals surface area contributed by atoms with E-state index in [0.29, 0.717) is 11.7 Å². The van der Waals surface area contributed by atoms with Crippen molar-refractivity contribution in [2.24, 2.45) is 5.92 Å². The Labute approximate surface area is 122 Å². The van der Waals surface area contributed by atoms with Gasteiger partial charge in [-0.1, -0.05) is 0 Å². The molecule has 2 saturated heterocycles. The van der Waals surface area contributed by atoms with Crippen molar-refractivity contribution in [1.82, 2.24) is 15.2 Å². The molecule has 2 aliphatic rings. The molecule has 3 heterocycles. The monoisotopic (exact) mass is 325 g/mol. The highest BCUT2D eigenvalue weighted by Gasteiger charge is 2.30. The van der Waals surface area contributed by atoms with Crippen LogP contribution >= 0.6 is 15.9 Å². The smallest absolute Gasteiger partial charge is 0.270 e. The van der Waals surface area contributed by atoms with Gasteiger partial charge in [0, 0.05) is 29.8 Å². The lowest BCUT2D eigenvalue weighted by molar-refractivity contribution is 0.0669. The van der Waals surface area contributed by atoms with Gasteiger partial charge >= 0.3 is 0 Å². The maximum absolute atomic E-state index is 12.3. The van der Waals surface area contributed by atoms with Gasteiger partial charge in [-0.2, -0.15) is 0 Å². The molecule has 2 aliphatic heterocycles. The zero-order valence-electron chi connectivity index (χ0n) is 11.0. The van der Waals surface area contributed by atoms with Crippen LogP contribution in [0.25, 0.3) is 0 Å². The van der Waals surface area contributed by atoms with Crippen LogP contribution in [0.15, 0.2) is 16.7 Å². The summed E-state index contributed by atoms with van der Waals surface area (Å²) in [5, 5.41) is 3.59. The third-order valence-electron chi connectivity index (χ3n) is 4.37. The first-order chi connectivity index (χ1) is 9.24. The second-order valence-electron chi connectivity index (χ2n) is 5.56. The summed E-state index contributed by atoms with van der Waals surface area (Å²) in [5.41, 5.74) is 0.685. The summed E-state index contributed by atoms with van der Waals surface area (Å²) in [4.78, 5) is 17.3. The van der Waals surface area contributed by atoms with Crippen molar-refractivity contribution < 1.29 is 4.79 Å². The van der Waals surface area contributed by atoms with E-state index in [-0.39, 0.29) is 5.91 Å². The van der Waals surface area contributed by atoms with Gasteiger partial charge in [0.2, 0.25) is 0 Å². The van der Waals surface area contributed by atoms with E-state index in [2.05, 4.69) is 26.2 Å². The molecule has 4 nitrogen and oxygen atoms in total. The number of nitrogens with one attached hydrogen (secondary N) is 2. The first-order valence-corrected chi connectivity index (χ1v) is 7.90. The SMILES string of the molecule is O=C(c1cc(Br)c[nH]1)N1CCC(C2CCCN2)CC1. The number of nitrogens with zero attached hydrogens (tertiary/aromatic N) is 1. The fourth-order valence-corrected chi connectivity index (χ4v) is 3.62. The summed E-state index contributed by atoms with van der Waals surface area (Å²) in [6, 6.07) is 2.55. The average Bonchev–Trinajstić information content (AvgIpc) is 3.09. The molecule has 104 valence electrons. The van der Waals surface area contributed by atoms with Crippen molar-refractivity contribution in [3.8, 4) is 0 Å². The van der Waals surface area contributed by atoms with Gasteiger partial charge in [0.1, 0.15) is 5.69 Å². The van der Waals surface area contributed by atoms with Crippen LogP contribution in [-0.2, 0) is 0 Å². The lowest BCUT2D eigenvalue weighted by Gasteiger charge is -2.34. The molecule has 2 N–H and O–H groups in total. The summed E-state index contributed by atoms with van der Waals surface area (Å²) in [5.74, 6) is 0.880. The number of amides is 1. The Morgan fingerprint density at radius 3 is 2.68 bits per heavy atom. The van der Waals surface area contributed by atoms with Crippen molar-refractivity contribution in [3.63, 3.8) is 0 Å². The van der Waals surface area contributed by atoms with E-state index >= 15 is 0 Å². The van der Waals surface area contributed by atoms with Crippen molar-refractivity contribution in [1.29, 1.82) is 0 Å². The second kappa shape index (κ2) is 5.67. The quantitative estimate of drug-likeness (QED) is 0.877. The van der Waals surface area contributed by atoms with E-state index in [1.165, 1.54) is 19.4 Å². The maximum Gasteiger partial charge on any atom is 0.270 e. The van der Waals surface area contributed by atoms with Gasteiger partial charge < -0.3 is 15.2 Å². The molecule has 0 spiro atoms. The molecule has 1 aromatic heterocycles. The van der Waals surface area contributed by atoms with Crippen molar-refractivity contribution in [2.45, 2.75) is 31.7 Å². The molecular weight excluding hydrogens is 306 g/mol. The van der Waals surface area contributed by atoms with E-state index in [1.807, 2.05) is 17.2 Å². The number of H-pyrrole nitrogens is 1. The Balaban J connectivity index is 1.56. The number of rotatable bonds is 2. The number of carbonyl (C=O) groups is 1. The Hall–Kier alpha value is -0.810. The molecule has 19 heavy (non-hydrogen) atoms. The van der Waals surface area contributed by atoms with Crippen LogP contribution in [0.4, 0.5) is 0 Å². The van der Waals surface area contributed by atoms with Gasteiger partial charge in [-0.25, -0.2) is 0 Å². The van der Waals surface area contributed by atoms with Gasteiger partial charge in [0.25, 0.3) is 5.91 Å². The average molecular weight is 326 g/mol. The number of aromatic amines is 1. The molecule has 0 saturated carbocycles. The molecule has 1 unspecified atom stereocenters. The van der Waals surface area contributed by atoms with E-state index in [4.69, 9.17) is 0 Å². The lowest BCUT2D eigenvalue weighted by Crippen LogP contribution is -2.43. The zero-order chi connectivity index (χ0) is 13.2. The molecule has 0 aromatic carbocycles. The molecule has 0 radical (unpaired) electrons. The summed E-state index contributed by atoms with van der Waals surface area (Å²) >= 11 is 3.37. The minimum Gasteiger partial charge on any atom is -0.356 e. The molecule has 1 aromatic rings. The lowest BCUT2D eigenvalue weighted by atomic mass is 9.88. The summed E-state index contributed by atoms with van der Waals surface area (Å²) in [7, 11) is 0. The molecule has 5 heteroatoms. The van der Waals surface area contributed by atoms with E-state index in [0.717, 1.165) is 36.3 Å². The number of likely N-dealkylation sites (tertiary alicyclic amines) is 1. The Kier molecular flexibility index (Phi) is 3.93. The third kappa shape index (κ3) is 2.87.